The highest BCUT2D eigenvalue weighted by molar-refractivity contribution is 6.12. The summed E-state index contributed by atoms with van der Waals surface area (Å²) in [5.41, 5.74) is 6.11. The number of amides is 1. The summed E-state index contributed by atoms with van der Waals surface area (Å²) in [6.07, 6.45) is 0. The van der Waals surface area contributed by atoms with Crippen LogP contribution in [0.5, 0.6) is 5.75 Å². The molecule has 0 radical (unpaired) electrons. The van der Waals surface area contributed by atoms with Crippen LogP contribution in [0.1, 0.15) is 50.5 Å². The average Bonchev–Trinajstić information content (AvgIpc) is 3.44. The highest BCUT2D eigenvalue weighted by Crippen LogP contribution is 2.45. The molecule has 1 aliphatic rings. The predicted molar refractivity (Wildman–Crippen MR) is 133 cm³/mol. The zero-order valence-corrected chi connectivity index (χ0v) is 19.7. The molecule has 1 N–H and O–H groups in total. The van der Waals surface area contributed by atoms with Crippen LogP contribution in [-0.2, 0) is 4.74 Å². The van der Waals surface area contributed by atoms with Gasteiger partial charge < -0.3 is 9.47 Å². The number of H-pyrrole nitrogens is 1. The molecule has 0 aliphatic carbocycles. The molecule has 1 atom stereocenters. The highest BCUT2D eigenvalue weighted by Gasteiger charge is 2.43. The number of ether oxygens (including phenoxy) is 2. The van der Waals surface area contributed by atoms with Crippen LogP contribution in [0.25, 0.3) is 11.3 Å². The number of rotatable bonds is 6. The van der Waals surface area contributed by atoms with E-state index >= 15 is 0 Å². The minimum absolute atomic E-state index is 0.185. The molecule has 5 rings (SSSR count). The van der Waals surface area contributed by atoms with Gasteiger partial charge in [-0.15, -0.1) is 0 Å². The molecule has 4 aromatic rings. The standard InChI is InChI=1S/C28H25N3O4/c1-4-35-28(33)20-9-13-21(14-10-20)31-26(19-11-15-22(34-3)16-12-19)23-24(29-30-25(23)27(31)32)18-7-5-17(2)6-8-18/h5-16,26H,4H2,1-3H3,(H,29,30)/t26-/m1/s1. The van der Waals surface area contributed by atoms with Gasteiger partial charge in [-0.05, 0) is 55.8 Å². The Kier molecular flexibility index (Phi) is 5.82. The number of aryl methyl sites for hydroxylation is 1. The lowest BCUT2D eigenvalue weighted by Crippen LogP contribution is -2.29. The Morgan fingerprint density at radius 1 is 1.00 bits per heavy atom. The molecular formula is C28H25N3O4. The molecule has 7 heteroatoms. The number of nitrogens with one attached hydrogen (secondary N) is 1. The molecule has 2 heterocycles. The lowest BCUT2D eigenvalue weighted by molar-refractivity contribution is 0.0526. The second-order valence-electron chi connectivity index (χ2n) is 8.35. The summed E-state index contributed by atoms with van der Waals surface area (Å²) in [4.78, 5) is 27.5. The number of anilines is 1. The maximum absolute atomic E-state index is 13.7. The molecule has 7 nitrogen and oxygen atoms in total. The zero-order chi connectivity index (χ0) is 24.5. The van der Waals surface area contributed by atoms with Crippen LogP contribution < -0.4 is 9.64 Å². The van der Waals surface area contributed by atoms with Gasteiger partial charge in [0.05, 0.1) is 31.0 Å². The number of aromatic nitrogens is 2. The second kappa shape index (κ2) is 9.10. The zero-order valence-electron chi connectivity index (χ0n) is 19.7. The van der Waals surface area contributed by atoms with E-state index in [2.05, 4.69) is 10.2 Å². The second-order valence-corrected chi connectivity index (χ2v) is 8.35. The van der Waals surface area contributed by atoms with Gasteiger partial charge in [0, 0.05) is 16.8 Å². The Bertz CT molecular complexity index is 1370. The molecule has 1 aliphatic heterocycles. The van der Waals surface area contributed by atoms with Crippen molar-refractivity contribution in [3.05, 3.63) is 101 Å². The maximum Gasteiger partial charge on any atom is 0.338 e. The van der Waals surface area contributed by atoms with Gasteiger partial charge in [-0.1, -0.05) is 42.0 Å². The summed E-state index contributed by atoms with van der Waals surface area (Å²) in [5, 5.41) is 7.50. The fourth-order valence-electron chi connectivity index (χ4n) is 4.42. The van der Waals surface area contributed by atoms with Crippen molar-refractivity contribution in [2.45, 2.75) is 19.9 Å². The van der Waals surface area contributed by atoms with Crippen molar-refractivity contribution in [1.29, 1.82) is 0 Å². The fourth-order valence-corrected chi connectivity index (χ4v) is 4.42. The normalized spacial score (nSPS) is 14.7. The van der Waals surface area contributed by atoms with E-state index in [1.807, 2.05) is 55.5 Å². The van der Waals surface area contributed by atoms with E-state index in [0.717, 1.165) is 33.7 Å². The van der Waals surface area contributed by atoms with E-state index in [1.54, 1.807) is 43.2 Å². The van der Waals surface area contributed by atoms with Crippen molar-refractivity contribution in [3.63, 3.8) is 0 Å². The van der Waals surface area contributed by atoms with Crippen LogP contribution in [0.4, 0.5) is 5.69 Å². The van der Waals surface area contributed by atoms with Crippen molar-refractivity contribution in [2.24, 2.45) is 0 Å². The number of esters is 1. The lowest BCUT2D eigenvalue weighted by Gasteiger charge is -2.26. The summed E-state index contributed by atoms with van der Waals surface area (Å²) in [6.45, 7) is 4.10. The third-order valence-corrected chi connectivity index (χ3v) is 6.18. The van der Waals surface area contributed by atoms with Gasteiger partial charge in [0.2, 0.25) is 0 Å². The first-order valence-corrected chi connectivity index (χ1v) is 11.4. The number of carbonyl (C=O) groups excluding carboxylic acids is 2. The Balaban J connectivity index is 1.62. The molecule has 0 unspecified atom stereocenters. The number of fused-ring (bicyclic) bond motifs is 1. The van der Waals surface area contributed by atoms with Gasteiger partial charge in [0.15, 0.2) is 0 Å². The van der Waals surface area contributed by atoms with Gasteiger partial charge >= 0.3 is 5.97 Å². The van der Waals surface area contributed by atoms with E-state index in [9.17, 15) is 9.59 Å². The summed E-state index contributed by atoms with van der Waals surface area (Å²) in [5.74, 6) is 0.153. The van der Waals surface area contributed by atoms with E-state index in [4.69, 9.17) is 9.47 Å². The predicted octanol–water partition coefficient (Wildman–Crippen LogP) is 5.32. The Morgan fingerprint density at radius 2 is 1.69 bits per heavy atom. The van der Waals surface area contributed by atoms with Crippen LogP contribution >= 0.6 is 0 Å². The molecule has 0 spiro atoms. The molecule has 35 heavy (non-hydrogen) atoms. The van der Waals surface area contributed by atoms with E-state index in [-0.39, 0.29) is 5.91 Å². The summed E-state index contributed by atoms with van der Waals surface area (Å²) < 4.78 is 10.4. The van der Waals surface area contributed by atoms with Gasteiger partial charge in [-0.3, -0.25) is 14.8 Å². The highest BCUT2D eigenvalue weighted by atomic mass is 16.5. The van der Waals surface area contributed by atoms with Gasteiger partial charge in [0.25, 0.3) is 5.91 Å². The lowest BCUT2D eigenvalue weighted by atomic mass is 9.95. The monoisotopic (exact) mass is 467 g/mol. The Hall–Kier alpha value is -4.39. The van der Waals surface area contributed by atoms with E-state index in [0.29, 0.717) is 23.6 Å². The molecule has 0 saturated carbocycles. The molecule has 0 fully saturated rings. The molecule has 0 saturated heterocycles. The summed E-state index contributed by atoms with van der Waals surface area (Å²) in [6, 6.07) is 22.2. The minimum atomic E-state index is -0.410. The number of aromatic amines is 1. The van der Waals surface area contributed by atoms with Crippen molar-refractivity contribution in [2.75, 3.05) is 18.6 Å². The minimum Gasteiger partial charge on any atom is -0.497 e. The molecular weight excluding hydrogens is 442 g/mol. The molecule has 1 aromatic heterocycles. The molecule has 176 valence electrons. The first-order valence-electron chi connectivity index (χ1n) is 11.4. The smallest absolute Gasteiger partial charge is 0.338 e. The van der Waals surface area contributed by atoms with E-state index in [1.165, 1.54) is 0 Å². The summed E-state index contributed by atoms with van der Waals surface area (Å²) in [7, 11) is 1.62. The average molecular weight is 468 g/mol. The number of hydrogen-bond acceptors (Lipinski definition) is 5. The number of benzene rings is 3. The third kappa shape index (κ3) is 3.95. The van der Waals surface area contributed by atoms with Crippen molar-refractivity contribution in [1.82, 2.24) is 10.2 Å². The van der Waals surface area contributed by atoms with Crippen molar-refractivity contribution < 1.29 is 19.1 Å². The first kappa shape index (κ1) is 22.4. The van der Waals surface area contributed by atoms with Gasteiger partial charge in [0.1, 0.15) is 11.4 Å². The molecule has 3 aromatic carbocycles. The topological polar surface area (TPSA) is 84.5 Å². The molecule has 1 amide bonds. The van der Waals surface area contributed by atoms with E-state index < -0.39 is 12.0 Å². The van der Waals surface area contributed by atoms with Gasteiger partial charge in [-0.25, -0.2) is 4.79 Å². The Morgan fingerprint density at radius 3 is 2.31 bits per heavy atom. The van der Waals surface area contributed by atoms with Gasteiger partial charge in [-0.2, -0.15) is 5.10 Å². The van der Waals surface area contributed by atoms with Crippen molar-refractivity contribution >= 4 is 17.6 Å². The quantitative estimate of drug-likeness (QED) is 0.388. The largest absolute Gasteiger partial charge is 0.497 e. The van der Waals surface area contributed by atoms with Crippen LogP contribution in [0.2, 0.25) is 0 Å². The maximum atomic E-state index is 13.7. The summed E-state index contributed by atoms with van der Waals surface area (Å²) >= 11 is 0. The molecule has 0 bridgehead atoms. The number of carbonyl (C=O) groups is 2. The Labute approximate surface area is 203 Å². The van der Waals surface area contributed by atoms with Crippen LogP contribution in [0.15, 0.2) is 72.8 Å². The number of nitrogens with zero attached hydrogens (tertiary/aromatic N) is 2. The SMILES string of the molecule is CCOC(=O)c1ccc(N2C(=O)c3[nH]nc(-c4ccc(C)cc4)c3[C@H]2c2ccc(OC)cc2)cc1. The van der Waals surface area contributed by atoms with Crippen LogP contribution in [0, 0.1) is 6.92 Å². The van der Waals surface area contributed by atoms with Crippen LogP contribution in [-0.4, -0.2) is 35.8 Å². The first-order chi connectivity index (χ1) is 17.0. The number of hydrogen-bond donors (Lipinski definition) is 1. The number of methoxy groups -OCH3 is 1. The third-order valence-electron chi connectivity index (χ3n) is 6.18. The van der Waals surface area contributed by atoms with Crippen molar-refractivity contribution in [3.8, 4) is 17.0 Å². The fraction of sp³-hybridized carbons (Fsp3) is 0.179. The van der Waals surface area contributed by atoms with Crippen LogP contribution in [0.3, 0.4) is 0 Å².